The number of carbonyl (C=O) groups excluding carboxylic acids is 1. The largest absolute Gasteiger partial charge is 0.303 e. The minimum atomic E-state index is 0.00947. The molecule has 3 aromatic heterocycles. The molecule has 1 N–H and O–H groups in total. The number of anilines is 1. The van der Waals surface area contributed by atoms with Crippen LogP contribution in [0, 0.1) is 5.92 Å². The molecule has 7 nitrogen and oxygen atoms in total. The van der Waals surface area contributed by atoms with Gasteiger partial charge in [-0.1, -0.05) is 22.9 Å². The summed E-state index contributed by atoms with van der Waals surface area (Å²) in [7, 11) is 0. The molecule has 0 bridgehead atoms. The number of hydrogen-bond donors (Lipinski definition) is 1. The van der Waals surface area contributed by atoms with Crippen molar-refractivity contribution in [2.45, 2.75) is 45.6 Å². The fraction of sp³-hybridized carbons (Fsp3) is 0.524. The Morgan fingerprint density at radius 1 is 1.27 bits per heavy atom. The molecule has 30 heavy (non-hydrogen) atoms. The van der Waals surface area contributed by atoms with Crippen LogP contribution in [0.15, 0.2) is 24.5 Å². The summed E-state index contributed by atoms with van der Waals surface area (Å²) in [6, 6.07) is 3.53. The molecule has 1 saturated heterocycles. The fourth-order valence-electron chi connectivity index (χ4n) is 3.62. The Bertz CT molecular complexity index is 1030. The third-order valence-electron chi connectivity index (χ3n) is 5.45. The van der Waals surface area contributed by atoms with Gasteiger partial charge in [0, 0.05) is 18.7 Å². The van der Waals surface area contributed by atoms with E-state index in [9.17, 15) is 4.79 Å². The summed E-state index contributed by atoms with van der Waals surface area (Å²) in [5, 5.41) is 8.46. The second kappa shape index (κ2) is 8.61. The molecule has 0 unspecified atom stereocenters. The molecule has 3 aromatic rings. The van der Waals surface area contributed by atoms with Crippen molar-refractivity contribution in [3.63, 3.8) is 0 Å². The molecule has 0 spiro atoms. The molecular weight excluding hydrogens is 420 g/mol. The molecule has 9 heteroatoms. The lowest BCUT2D eigenvalue weighted by Crippen LogP contribution is -2.39. The first-order chi connectivity index (χ1) is 14.3. The number of aromatic nitrogens is 4. The van der Waals surface area contributed by atoms with Gasteiger partial charge >= 0.3 is 0 Å². The van der Waals surface area contributed by atoms with Gasteiger partial charge < -0.3 is 10.2 Å². The first-order valence-electron chi connectivity index (χ1n) is 10.3. The summed E-state index contributed by atoms with van der Waals surface area (Å²) in [6.07, 6.45) is 6.81. The molecule has 1 aliphatic heterocycles. The van der Waals surface area contributed by atoms with Gasteiger partial charge in [-0.15, -0.1) is 0 Å². The molecule has 4 heterocycles. The monoisotopic (exact) mass is 446 g/mol. The van der Waals surface area contributed by atoms with E-state index in [4.69, 9.17) is 11.6 Å². The van der Waals surface area contributed by atoms with Crippen molar-refractivity contribution < 1.29 is 4.79 Å². The summed E-state index contributed by atoms with van der Waals surface area (Å²) in [4.78, 5) is 24.5. The van der Waals surface area contributed by atoms with E-state index in [0.29, 0.717) is 10.3 Å². The lowest BCUT2D eigenvalue weighted by Gasteiger charge is -2.30. The van der Waals surface area contributed by atoms with Crippen LogP contribution in [0.2, 0.25) is 5.15 Å². The number of carbonyl (C=O) groups is 1. The number of amides is 1. The van der Waals surface area contributed by atoms with E-state index in [1.165, 1.54) is 16.9 Å². The van der Waals surface area contributed by atoms with Crippen LogP contribution in [0.3, 0.4) is 0 Å². The number of fused-ring (bicyclic) bond motifs is 1. The van der Waals surface area contributed by atoms with Crippen LogP contribution in [-0.2, 0) is 16.8 Å². The fourth-order valence-corrected chi connectivity index (χ4v) is 4.66. The zero-order valence-electron chi connectivity index (χ0n) is 17.6. The molecule has 160 valence electrons. The number of piperidine rings is 1. The summed E-state index contributed by atoms with van der Waals surface area (Å²) in [5.41, 5.74) is 2.02. The molecular formula is C21H27ClN6OS. The highest BCUT2D eigenvalue weighted by Crippen LogP contribution is 2.27. The van der Waals surface area contributed by atoms with Gasteiger partial charge in [-0.05, 0) is 70.8 Å². The van der Waals surface area contributed by atoms with Gasteiger partial charge in [-0.2, -0.15) is 5.10 Å². The average molecular weight is 447 g/mol. The van der Waals surface area contributed by atoms with Crippen molar-refractivity contribution >= 4 is 44.3 Å². The summed E-state index contributed by atoms with van der Waals surface area (Å²) in [5.74, 6) is 0.0692. The first kappa shape index (κ1) is 21.2. The number of likely N-dealkylation sites (tertiary alicyclic amines) is 1. The maximum atomic E-state index is 12.7. The smallest absolute Gasteiger partial charge is 0.229 e. The quantitative estimate of drug-likeness (QED) is 0.594. The normalized spacial score (nSPS) is 16.3. The van der Waals surface area contributed by atoms with Gasteiger partial charge in [0.25, 0.3) is 0 Å². The SMILES string of the molecule is CC(C)(C)n1cc(CCN2CCC(C(=O)Nc3nc4ccc(Cl)nc4s3)CC2)cn1. The zero-order chi connectivity index (χ0) is 21.3. The highest BCUT2D eigenvalue weighted by atomic mass is 35.5. The van der Waals surface area contributed by atoms with Crippen LogP contribution in [0.4, 0.5) is 5.13 Å². The van der Waals surface area contributed by atoms with Crippen LogP contribution in [0.5, 0.6) is 0 Å². The summed E-state index contributed by atoms with van der Waals surface area (Å²) < 4.78 is 2.02. The van der Waals surface area contributed by atoms with E-state index in [-0.39, 0.29) is 17.4 Å². The number of thiazole rings is 1. The second-order valence-electron chi connectivity index (χ2n) is 8.80. The van der Waals surface area contributed by atoms with Crippen LogP contribution < -0.4 is 5.32 Å². The van der Waals surface area contributed by atoms with Gasteiger partial charge in [-0.25, -0.2) is 9.97 Å². The molecule has 4 rings (SSSR count). The Balaban J connectivity index is 1.25. The highest BCUT2D eigenvalue weighted by Gasteiger charge is 2.26. The van der Waals surface area contributed by atoms with Crippen LogP contribution in [0.1, 0.15) is 39.2 Å². The lowest BCUT2D eigenvalue weighted by atomic mass is 9.96. The topological polar surface area (TPSA) is 75.9 Å². The molecule has 1 amide bonds. The van der Waals surface area contributed by atoms with Crippen molar-refractivity contribution in [1.82, 2.24) is 24.6 Å². The number of nitrogens with one attached hydrogen (secondary N) is 1. The number of rotatable bonds is 5. The maximum Gasteiger partial charge on any atom is 0.229 e. The third-order valence-corrected chi connectivity index (χ3v) is 6.54. The summed E-state index contributed by atoms with van der Waals surface area (Å²) in [6.45, 7) is 9.32. The Morgan fingerprint density at radius 2 is 2.03 bits per heavy atom. The van der Waals surface area contributed by atoms with Gasteiger partial charge in [0.1, 0.15) is 15.5 Å². The number of halogens is 1. The Labute approximate surface area is 185 Å². The van der Waals surface area contributed by atoms with Crippen molar-refractivity contribution in [3.05, 3.63) is 35.2 Å². The molecule has 1 fully saturated rings. The van der Waals surface area contributed by atoms with Crippen molar-refractivity contribution in [3.8, 4) is 0 Å². The third kappa shape index (κ3) is 4.99. The number of pyridine rings is 1. The predicted octanol–water partition coefficient (Wildman–Crippen LogP) is 4.19. The van der Waals surface area contributed by atoms with E-state index in [0.717, 1.165) is 49.2 Å². The van der Waals surface area contributed by atoms with E-state index in [2.05, 4.69) is 52.3 Å². The molecule has 0 radical (unpaired) electrons. The van der Waals surface area contributed by atoms with E-state index in [1.54, 1.807) is 6.07 Å². The second-order valence-corrected chi connectivity index (χ2v) is 10.2. The average Bonchev–Trinajstić information content (AvgIpc) is 3.33. The lowest BCUT2D eigenvalue weighted by molar-refractivity contribution is -0.121. The molecule has 0 aliphatic carbocycles. The Hall–Kier alpha value is -2.03. The van der Waals surface area contributed by atoms with Crippen molar-refractivity contribution in [1.29, 1.82) is 0 Å². The highest BCUT2D eigenvalue weighted by molar-refractivity contribution is 7.22. The van der Waals surface area contributed by atoms with E-state index < -0.39 is 0 Å². The van der Waals surface area contributed by atoms with Crippen LogP contribution in [-0.4, -0.2) is 50.2 Å². The van der Waals surface area contributed by atoms with Crippen molar-refractivity contribution in [2.75, 3.05) is 25.0 Å². The molecule has 1 aliphatic rings. The molecule has 0 aromatic carbocycles. The van der Waals surface area contributed by atoms with Gasteiger partial charge in [0.05, 0.1) is 11.7 Å². The van der Waals surface area contributed by atoms with Gasteiger partial charge in [-0.3, -0.25) is 9.48 Å². The minimum Gasteiger partial charge on any atom is -0.303 e. The van der Waals surface area contributed by atoms with E-state index in [1.807, 2.05) is 16.9 Å². The summed E-state index contributed by atoms with van der Waals surface area (Å²) >= 11 is 7.28. The van der Waals surface area contributed by atoms with E-state index >= 15 is 0 Å². The standard InChI is InChI=1S/C21H27ClN6OS/c1-21(2,3)28-13-14(12-23-28)6-9-27-10-7-15(8-11-27)18(29)26-20-24-16-4-5-17(22)25-19(16)30-20/h4-5,12-13,15H,6-11H2,1-3H3,(H,24,26,29). The number of nitrogens with zero attached hydrogens (tertiary/aromatic N) is 5. The van der Waals surface area contributed by atoms with Crippen molar-refractivity contribution in [2.24, 2.45) is 5.92 Å². The Morgan fingerprint density at radius 3 is 2.73 bits per heavy atom. The maximum absolute atomic E-state index is 12.7. The molecule has 0 atom stereocenters. The van der Waals surface area contributed by atoms with Crippen LogP contribution >= 0.6 is 22.9 Å². The minimum absolute atomic E-state index is 0.00947. The first-order valence-corrected chi connectivity index (χ1v) is 11.5. The Kier molecular flexibility index (Phi) is 6.09. The van der Waals surface area contributed by atoms with Crippen LogP contribution in [0.25, 0.3) is 10.3 Å². The molecule has 0 saturated carbocycles. The predicted molar refractivity (Wildman–Crippen MR) is 121 cm³/mol. The number of hydrogen-bond acceptors (Lipinski definition) is 6. The zero-order valence-corrected chi connectivity index (χ0v) is 19.1. The van der Waals surface area contributed by atoms with Gasteiger partial charge in [0.15, 0.2) is 5.13 Å². The van der Waals surface area contributed by atoms with Gasteiger partial charge in [0.2, 0.25) is 5.91 Å².